The molecule has 0 heterocycles. The molecule has 0 fully saturated rings. The van der Waals surface area contributed by atoms with Crippen molar-refractivity contribution in [1.29, 1.82) is 0 Å². The third-order valence-electron chi connectivity index (χ3n) is 2.63. The van der Waals surface area contributed by atoms with Gasteiger partial charge in [-0.15, -0.1) is 0 Å². The van der Waals surface area contributed by atoms with Crippen LogP contribution < -0.4 is 4.72 Å². The molecule has 4 nitrogen and oxygen atoms in total. The Bertz CT molecular complexity index is 760. The Morgan fingerprint density at radius 2 is 2.00 bits per heavy atom. The molecule has 2 aromatic carbocycles. The summed E-state index contributed by atoms with van der Waals surface area (Å²) in [6, 6.07) is 7.95. The lowest BCUT2D eigenvalue weighted by atomic mass is 10.2. The van der Waals surface area contributed by atoms with Gasteiger partial charge in [-0.1, -0.05) is 23.7 Å². The summed E-state index contributed by atoms with van der Waals surface area (Å²) in [5.41, 5.74) is 0.509. The molecule has 0 aromatic heterocycles. The zero-order valence-electron chi connectivity index (χ0n) is 10.5. The lowest BCUT2D eigenvalue weighted by Gasteiger charge is -2.12. The Balaban J connectivity index is 2.42. The van der Waals surface area contributed by atoms with Crippen molar-refractivity contribution in [3.8, 4) is 0 Å². The molecule has 8 heteroatoms. The molecule has 112 valence electrons. The highest BCUT2D eigenvalue weighted by Gasteiger charge is 2.18. The normalized spacial score (nSPS) is 11.4. The first-order valence-electron chi connectivity index (χ1n) is 5.70. The quantitative estimate of drug-likeness (QED) is 0.833. The molecule has 0 atom stereocenters. The minimum Gasteiger partial charge on any atom is -0.392 e. The molecule has 0 saturated heterocycles. The molecule has 2 rings (SSSR count). The number of sulfonamides is 1. The van der Waals surface area contributed by atoms with E-state index in [1.807, 2.05) is 0 Å². The molecule has 0 bridgehead atoms. The summed E-state index contributed by atoms with van der Waals surface area (Å²) in [5, 5.41) is 8.98. The van der Waals surface area contributed by atoms with Crippen LogP contribution in [0.3, 0.4) is 0 Å². The van der Waals surface area contributed by atoms with Crippen LogP contribution in [-0.4, -0.2) is 13.5 Å². The predicted molar refractivity (Wildman–Crippen MR) is 82.3 cm³/mol. The predicted octanol–water partition coefficient (Wildman–Crippen LogP) is 3.53. The Hall–Kier alpha value is -1.15. The fraction of sp³-hybridized carbons (Fsp3) is 0.0769. The van der Waals surface area contributed by atoms with E-state index in [1.54, 1.807) is 6.07 Å². The highest BCUT2D eigenvalue weighted by molar-refractivity contribution is 9.10. The molecule has 21 heavy (non-hydrogen) atoms. The number of halogens is 3. The van der Waals surface area contributed by atoms with E-state index >= 15 is 0 Å². The number of nitrogens with one attached hydrogen (secondary N) is 1. The molecule has 0 saturated carbocycles. The maximum absolute atomic E-state index is 13.1. The first-order chi connectivity index (χ1) is 9.83. The number of hydrogen-bond donors (Lipinski definition) is 2. The Labute approximate surface area is 134 Å². The van der Waals surface area contributed by atoms with Crippen molar-refractivity contribution in [2.75, 3.05) is 4.72 Å². The van der Waals surface area contributed by atoms with Gasteiger partial charge in [-0.3, -0.25) is 4.72 Å². The van der Waals surface area contributed by atoms with Crippen LogP contribution in [0.1, 0.15) is 5.56 Å². The zero-order chi connectivity index (χ0) is 15.6. The van der Waals surface area contributed by atoms with E-state index in [4.69, 9.17) is 16.7 Å². The second kappa shape index (κ2) is 6.31. The van der Waals surface area contributed by atoms with Gasteiger partial charge in [0.15, 0.2) is 0 Å². The van der Waals surface area contributed by atoms with Gasteiger partial charge in [-0.2, -0.15) is 0 Å². The number of rotatable bonds is 4. The van der Waals surface area contributed by atoms with Gasteiger partial charge in [0.1, 0.15) is 5.82 Å². The summed E-state index contributed by atoms with van der Waals surface area (Å²) in [4.78, 5) is -0.0265. The molecule has 0 unspecified atom stereocenters. The van der Waals surface area contributed by atoms with Crippen molar-refractivity contribution in [1.82, 2.24) is 0 Å². The second-order valence-corrected chi connectivity index (χ2v) is 7.10. The van der Waals surface area contributed by atoms with Crippen LogP contribution in [0.5, 0.6) is 0 Å². The molecule has 0 aliphatic heterocycles. The maximum atomic E-state index is 13.1. The average molecular weight is 395 g/mol. The van der Waals surface area contributed by atoms with E-state index in [0.29, 0.717) is 5.56 Å². The SMILES string of the molecule is O=S(=O)(Nc1c(Cl)cc(F)cc1Br)c1cccc(CO)c1. The number of aliphatic hydroxyl groups is 1. The van der Waals surface area contributed by atoms with Gasteiger partial charge in [0.25, 0.3) is 10.0 Å². The van der Waals surface area contributed by atoms with Crippen LogP contribution >= 0.6 is 27.5 Å². The fourth-order valence-corrected chi connectivity index (χ4v) is 3.90. The lowest BCUT2D eigenvalue weighted by molar-refractivity contribution is 0.281. The summed E-state index contributed by atoms with van der Waals surface area (Å²) >= 11 is 8.91. The van der Waals surface area contributed by atoms with Gasteiger partial charge in [0.05, 0.1) is 22.2 Å². The third-order valence-corrected chi connectivity index (χ3v) is 4.91. The van der Waals surface area contributed by atoms with Crippen LogP contribution in [0.4, 0.5) is 10.1 Å². The fourth-order valence-electron chi connectivity index (χ4n) is 1.64. The Morgan fingerprint density at radius 1 is 1.29 bits per heavy atom. The van der Waals surface area contributed by atoms with Crippen molar-refractivity contribution in [3.05, 3.63) is 57.3 Å². The van der Waals surface area contributed by atoms with Crippen molar-refractivity contribution in [2.45, 2.75) is 11.5 Å². The zero-order valence-corrected chi connectivity index (χ0v) is 13.6. The smallest absolute Gasteiger partial charge is 0.261 e. The van der Waals surface area contributed by atoms with Gasteiger partial charge >= 0.3 is 0 Å². The van der Waals surface area contributed by atoms with E-state index in [9.17, 15) is 12.8 Å². The Kier molecular flexibility index (Phi) is 4.88. The van der Waals surface area contributed by atoms with E-state index in [1.165, 1.54) is 18.2 Å². The van der Waals surface area contributed by atoms with Crippen LogP contribution in [0.2, 0.25) is 5.02 Å². The minimum absolute atomic E-state index is 0.0265. The molecule has 2 aromatic rings. The second-order valence-electron chi connectivity index (χ2n) is 4.16. The average Bonchev–Trinajstić information content (AvgIpc) is 2.43. The number of benzene rings is 2. The highest BCUT2D eigenvalue weighted by Crippen LogP contribution is 2.33. The molecular weight excluding hydrogens is 385 g/mol. The van der Waals surface area contributed by atoms with Crippen LogP contribution in [0.25, 0.3) is 0 Å². The van der Waals surface area contributed by atoms with E-state index in [2.05, 4.69) is 20.7 Å². The number of anilines is 1. The largest absolute Gasteiger partial charge is 0.392 e. The minimum atomic E-state index is -3.90. The van der Waals surface area contributed by atoms with Crippen molar-refractivity contribution >= 4 is 43.2 Å². The molecule has 0 aliphatic rings. The molecule has 2 N–H and O–H groups in total. The van der Waals surface area contributed by atoms with Crippen molar-refractivity contribution in [3.63, 3.8) is 0 Å². The monoisotopic (exact) mass is 393 g/mol. The number of hydrogen-bond acceptors (Lipinski definition) is 3. The summed E-state index contributed by atoms with van der Waals surface area (Å²) in [7, 11) is -3.90. The third kappa shape index (κ3) is 3.74. The van der Waals surface area contributed by atoms with Gasteiger partial charge in [0, 0.05) is 4.47 Å². The van der Waals surface area contributed by atoms with Crippen molar-refractivity contribution in [2.24, 2.45) is 0 Å². The number of aliphatic hydroxyl groups excluding tert-OH is 1. The van der Waals surface area contributed by atoms with Crippen LogP contribution in [-0.2, 0) is 16.6 Å². The van der Waals surface area contributed by atoms with E-state index < -0.39 is 15.8 Å². The molecule has 0 radical (unpaired) electrons. The summed E-state index contributed by atoms with van der Waals surface area (Å²) in [5.74, 6) is -0.586. The lowest BCUT2D eigenvalue weighted by Crippen LogP contribution is -2.14. The summed E-state index contributed by atoms with van der Waals surface area (Å²) in [6.07, 6.45) is 0. The van der Waals surface area contributed by atoms with Gasteiger partial charge in [-0.05, 0) is 45.8 Å². The summed E-state index contributed by atoms with van der Waals surface area (Å²) in [6.45, 7) is -0.273. The Morgan fingerprint density at radius 3 is 2.62 bits per heavy atom. The van der Waals surface area contributed by atoms with Crippen molar-refractivity contribution < 1.29 is 17.9 Å². The first kappa shape index (κ1) is 16.2. The van der Waals surface area contributed by atoms with Gasteiger partial charge < -0.3 is 5.11 Å². The molecule has 0 spiro atoms. The van der Waals surface area contributed by atoms with E-state index in [0.717, 1.165) is 12.1 Å². The maximum Gasteiger partial charge on any atom is 0.261 e. The summed E-state index contributed by atoms with van der Waals surface area (Å²) < 4.78 is 40.2. The molecular formula is C13H10BrClFNO3S. The van der Waals surface area contributed by atoms with Gasteiger partial charge in [-0.25, -0.2) is 12.8 Å². The standard InChI is InChI=1S/C13H10BrClFNO3S/c14-11-5-9(16)6-12(15)13(11)17-21(19,20)10-3-1-2-8(4-10)7-18/h1-6,17-18H,7H2. The highest BCUT2D eigenvalue weighted by atomic mass is 79.9. The topological polar surface area (TPSA) is 66.4 Å². The van der Waals surface area contributed by atoms with E-state index in [-0.39, 0.29) is 26.7 Å². The first-order valence-corrected chi connectivity index (χ1v) is 8.36. The van der Waals surface area contributed by atoms with Gasteiger partial charge in [0.2, 0.25) is 0 Å². The molecule has 0 aliphatic carbocycles. The molecule has 0 amide bonds. The van der Waals surface area contributed by atoms with Crippen LogP contribution in [0, 0.1) is 5.82 Å². The van der Waals surface area contributed by atoms with Crippen LogP contribution in [0.15, 0.2) is 45.8 Å².